The summed E-state index contributed by atoms with van der Waals surface area (Å²) in [7, 11) is 4.30. The molecule has 0 amide bonds. The van der Waals surface area contributed by atoms with E-state index in [-0.39, 0.29) is 0 Å². The molecule has 0 aromatic heterocycles. The van der Waals surface area contributed by atoms with Crippen LogP contribution in [0.1, 0.15) is 38.2 Å². The Bertz CT molecular complexity index is 378. The molecule has 1 aliphatic rings. The molecule has 0 unspecified atom stereocenters. The van der Waals surface area contributed by atoms with Crippen LogP contribution in [0.3, 0.4) is 0 Å². The lowest BCUT2D eigenvalue weighted by atomic mass is 9.75. The van der Waals surface area contributed by atoms with Gasteiger partial charge in [-0.3, -0.25) is 0 Å². The van der Waals surface area contributed by atoms with E-state index in [9.17, 15) is 0 Å². The van der Waals surface area contributed by atoms with Gasteiger partial charge >= 0.3 is 0 Å². The van der Waals surface area contributed by atoms with E-state index in [1.165, 1.54) is 18.4 Å². The van der Waals surface area contributed by atoms with Crippen molar-refractivity contribution < 1.29 is 0 Å². The Morgan fingerprint density at radius 1 is 1.16 bits per heavy atom. The first-order valence-corrected chi connectivity index (χ1v) is 7.39. The zero-order valence-electron chi connectivity index (χ0n) is 12.8. The molecule has 106 valence electrons. The van der Waals surface area contributed by atoms with Crippen molar-refractivity contribution in [3.8, 4) is 0 Å². The van der Waals surface area contributed by atoms with Gasteiger partial charge in [0.05, 0.1) is 0 Å². The number of nitrogens with one attached hydrogen (secondary N) is 1. The smallest absolute Gasteiger partial charge is 0.00789 e. The van der Waals surface area contributed by atoms with E-state index >= 15 is 0 Å². The topological polar surface area (TPSA) is 15.3 Å². The van der Waals surface area contributed by atoms with Crippen LogP contribution in [0.15, 0.2) is 30.3 Å². The van der Waals surface area contributed by atoms with E-state index in [0.717, 1.165) is 19.0 Å². The number of hydrogen-bond acceptors (Lipinski definition) is 2. The molecule has 0 aliphatic heterocycles. The third-order valence-electron chi connectivity index (χ3n) is 4.02. The number of nitrogens with zero attached hydrogens (tertiary/aromatic N) is 1. The predicted molar refractivity (Wildman–Crippen MR) is 82.5 cm³/mol. The molecule has 1 aromatic carbocycles. The first-order chi connectivity index (χ1) is 8.96. The molecule has 2 nitrogen and oxygen atoms in total. The fourth-order valence-corrected chi connectivity index (χ4v) is 3.11. The normalized spacial score (nSPS) is 23.4. The minimum absolute atomic E-state index is 0.349. The van der Waals surface area contributed by atoms with E-state index < -0.39 is 0 Å². The molecule has 2 heteroatoms. The summed E-state index contributed by atoms with van der Waals surface area (Å²) in [5.41, 5.74) is 1.86. The first-order valence-electron chi connectivity index (χ1n) is 7.39. The van der Waals surface area contributed by atoms with Gasteiger partial charge in [0.25, 0.3) is 0 Å². The Morgan fingerprint density at radius 2 is 1.79 bits per heavy atom. The highest BCUT2D eigenvalue weighted by Crippen LogP contribution is 2.36. The summed E-state index contributed by atoms with van der Waals surface area (Å²) in [5.74, 6) is 0.774. The lowest BCUT2D eigenvalue weighted by molar-refractivity contribution is 0.200. The van der Waals surface area contributed by atoms with Crippen molar-refractivity contribution in [2.75, 3.05) is 27.2 Å². The average molecular weight is 260 g/mol. The van der Waals surface area contributed by atoms with Crippen LogP contribution in [0.5, 0.6) is 0 Å². The maximum Gasteiger partial charge on any atom is 0.00789 e. The lowest BCUT2D eigenvalue weighted by Crippen LogP contribution is -2.46. The van der Waals surface area contributed by atoms with Gasteiger partial charge in [-0.15, -0.1) is 0 Å². The predicted octanol–water partition coefficient (Wildman–Crippen LogP) is 3.11. The molecule has 19 heavy (non-hydrogen) atoms. The number of benzene rings is 1. The van der Waals surface area contributed by atoms with E-state index in [4.69, 9.17) is 0 Å². The van der Waals surface area contributed by atoms with Crippen LogP contribution in [0.2, 0.25) is 0 Å². The Hall–Kier alpha value is -0.860. The van der Waals surface area contributed by atoms with Crippen molar-refractivity contribution in [2.24, 2.45) is 5.41 Å². The van der Waals surface area contributed by atoms with Crippen LogP contribution in [0.4, 0.5) is 0 Å². The van der Waals surface area contributed by atoms with Gasteiger partial charge in [-0.1, -0.05) is 44.2 Å². The standard InChI is InChI=1S/C17H28N2/c1-17(2,13-19(3)4)12-18-16-10-15(11-16)14-8-6-5-7-9-14/h5-9,15-16,18H,10-13H2,1-4H3. The Morgan fingerprint density at radius 3 is 2.37 bits per heavy atom. The largest absolute Gasteiger partial charge is 0.313 e. The molecule has 1 N–H and O–H groups in total. The molecule has 1 fully saturated rings. The van der Waals surface area contributed by atoms with E-state index in [0.29, 0.717) is 11.5 Å². The number of hydrogen-bond donors (Lipinski definition) is 1. The van der Waals surface area contributed by atoms with Crippen molar-refractivity contribution in [3.63, 3.8) is 0 Å². The quantitative estimate of drug-likeness (QED) is 0.845. The molecule has 0 radical (unpaired) electrons. The third-order valence-corrected chi connectivity index (χ3v) is 4.02. The van der Waals surface area contributed by atoms with Crippen molar-refractivity contribution in [2.45, 2.75) is 38.6 Å². The summed E-state index contributed by atoms with van der Waals surface area (Å²) in [6.07, 6.45) is 2.59. The highest BCUT2D eigenvalue weighted by molar-refractivity contribution is 5.22. The van der Waals surface area contributed by atoms with Crippen LogP contribution in [0, 0.1) is 5.41 Å². The van der Waals surface area contributed by atoms with Gasteiger partial charge in [0.2, 0.25) is 0 Å². The Labute approximate surface area is 118 Å². The van der Waals surface area contributed by atoms with Crippen molar-refractivity contribution in [3.05, 3.63) is 35.9 Å². The second-order valence-electron chi connectivity index (χ2n) is 7.06. The zero-order chi connectivity index (χ0) is 13.9. The van der Waals surface area contributed by atoms with Crippen LogP contribution in [-0.4, -0.2) is 38.1 Å². The third kappa shape index (κ3) is 4.32. The second-order valence-corrected chi connectivity index (χ2v) is 7.06. The summed E-state index contributed by atoms with van der Waals surface area (Å²) >= 11 is 0. The first kappa shape index (κ1) is 14.5. The molecule has 1 saturated carbocycles. The van der Waals surface area contributed by atoms with Crippen molar-refractivity contribution in [1.29, 1.82) is 0 Å². The van der Waals surface area contributed by atoms with Crippen LogP contribution < -0.4 is 5.32 Å². The summed E-state index contributed by atoms with van der Waals surface area (Å²) in [4.78, 5) is 2.27. The molecular formula is C17H28N2. The molecule has 1 aromatic rings. The van der Waals surface area contributed by atoms with Gasteiger partial charge in [0.1, 0.15) is 0 Å². The summed E-state index contributed by atoms with van der Waals surface area (Å²) in [6.45, 7) is 6.92. The summed E-state index contributed by atoms with van der Waals surface area (Å²) in [6, 6.07) is 11.6. The molecule has 0 heterocycles. The summed E-state index contributed by atoms with van der Waals surface area (Å²) < 4.78 is 0. The van der Waals surface area contributed by atoms with Gasteiger partial charge in [-0.2, -0.15) is 0 Å². The van der Waals surface area contributed by atoms with Crippen LogP contribution >= 0.6 is 0 Å². The second kappa shape index (κ2) is 6.06. The molecule has 0 bridgehead atoms. The fourth-order valence-electron chi connectivity index (χ4n) is 3.11. The maximum absolute atomic E-state index is 3.74. The SMILES string of the molecule is CN(C)CC(C)(C)CNC1CC(c2ccccc2)C1. The average Bonchev–Trinajstić information content (AvgIpc) is 2.26. The maximum atomic E-state index is 3.74. The van der Waals surface area contributed by atoms with E-state index in [1.807, 2.05) is 0 Å². The fraction of sp³-hybridized carbons (Fsp3) is 0.647. The van der Waals surface area contributed by atoms with E-state index in [1.54, 1.807) is 0 Å². The van der Waals surface area contributed by atoms with Gasteiger partial charge < -0.3 is 10.2 Å². The van der Waals surface area contributed by atoms with Gasteiger partial charge in [-0.05, 0) is 43.8 Å². The lowest BCUT2D eigenvalue weighted by Gasteiger charge is -2.39. The van der Waals surface area contributed by atoms with Crippen LogP contribution in [-0.2, 0) is 0 Å². The van der Waals surface area contributed by atoms with Gasteiger partial charge in [-0.25, -0.2) is 0 Å². The highest BCUT2D eigenvalue weighted by atomic mass is 15.1. The molecule has 0 saturated heterocycles. The minimum Gasteiger partial charge on any atom is -0.313 e. The molecule has 0 atom stereocenters. The molecule has 1 aliphatic carbocycles. The summed E-state index contributed by atoms with van der Waals surface area (Å²) in [5, 5.41) is 3.74. The van der Waals surface area contributed by atoms with Crippen molar-refractivity contribution in [1.82, 2.24) is 10.2 Å². The highest BCUT2D eigenvalue weighted by Gasteiger charge is 2.31. The minimum atomic E-state index is 0.349. The number of rotatable bonds is 6. The Balaban J connectivity index is 1.71. The van der Waals surface area contributed by atoms with E-state index in [2.05, 4.69) is 68.5 Å². The van der Waals surface area contributed by atoms with Crippen molar-refractivity contribution >= 4 is 0 Å². The molecule has 0 spiro atoms. The monoisotopic (exact) mass is 260 g/mol. The van der Waals surface area contributed by atoms with Crippen LogP contribution in [0.25, 0.3) is 0 Å². The molecular weight excluding hydrogens is 232 g/mol. The Kier molecular flexibility index (Phi) is 4.64. The zero-order valence-corrected chi connectivity index (χ0v) is 12.8. The van der Waals surface area contributed by atoms with Gasteiger partial charge in [0, 0.05) is 19.1 Å². The molecule has 2 rings (SSSR count). The van der Waals surface area contributed by atoms with Gasteiger partial charge in [0.15, 0.2) is 0 Å².